The molecule has 1 N–H and O–H groups in total. The molecule has 0 aromatic heterocycles. The number of hydrogen-bond donors (Lipinski definition) is 1. The lowest BCUT2D eigenvalue weighted by atomic mass is 9.83. The van der Waals surface area contributed by atoms with Crippen molar-refractivity contribution in [3.8, 4) is 0 Å². The van der Waals surface area contributed by atoms with Crippen molar-refractivity contribution >= 4 is 17.9 Å². The van der Waals surface area contributed by atoms with E-state index in [0.717, 1.165) is 0 Å². The van der Waals surface area contributed by atoms with Crippen molar-refractivity contribution in [3.63, 3.8) is 0 Å². The van der Waals surface area contributed by atoms with E-state index >= 15 is 0 Å². The van der Waals surface area contributed by atoms with E-state index in [4.69, 9.17) is 9.47 Å². The SMILES string of the molecule is COC(=O)C1=COC(OC(C)=O)C2C(C(=O)O)CCC12. The molecule has 110 valence electrons. The quantitative estimate of drug-likeness (QED) is 0.761. The predicted molar refractivity (Wildman–Crippen MR) is 64.1 cm³/mol. The molecule has 1 heterocycles. The van der Waals surface area contributed by atoms with Crippen molar-refractivity contribution in [2.45, 2.75) is 26.1 Å². The molecule has 1 aliphatic carbocycles. The van der Waals surface area contributed by atoms with Gasteiger partial charge in [0, 0.05) is 12.8 Å². The molecule has 4 unspecified atom stereocenters. The van der Waals surface area contributed by atoms with Crippen molar-refractivity contribution in [1.29, 1.82) is 0 Å². The third kappa shape index (κ3) is 2.48. The highest BCUT2D eigenvalue weighted by molar-refractivity contribution is 5.89. The Morgan fingerprint density at radius 2 is 2.05 bits per heavy atom. The van der Waals surface area contributed by atoms with Crippen LogP contribution in [0.25, 0.3) is 0 Å². The van der Waals surface area contributed by atoms with Crippen LogP contribution < -0.4 is 0 Å². The molecule has 0 aromatic carbocycles. The van der Waals surface area contributed by atoms with Crippen molar-refractivity contribution in [2.24, 2.45) is 17.8 Å². The molecule has 0 aromatic rings. The number of esters is 2. The summed E-state index contributed by atoms with van der Waals surface area (Å²) in [5.41, 5.74) is 0.296. The summed E-state index contributed by atoms with van der Waals surface area (Å²) in [4.78, 5) is 34.1. The fourth-order valence-electron chi connectivity index (χ4n) is 2.96. The van der Waals surface area contributed by atoms with E-state index in [1.54, 1.807) is 0 Å². The van der Waals surface area contributed by atoms with Gasteiger partial charge in [-0.3, -0.25) is 9.59 Å². The molecule has 4 atom stereocenters. The molecule has 7 nitrogen and oxygen atoms in total. The normalized spacial score (nSPS) is 31.6. The summed E-state index contributed by atoms with van der Waals surface area (Å²) >= 11 is 0. The number of aliphatic carboxylic acids is 1. The highest BCUT2D eigenvalue weighted by Gasteiger charge is 2.51. The van der Waals surface area contributed by atoms with Crippen LogP contribution in [-0.4, -0.2) is 36.4 Å². The molecular weight excluding hydrogens is 268 g/mol. The Morgan fingerprint density at radius 3 is 2.60 bits per heavy atom. The van der Waals surface area contributed by atoms with E-state index in [0.29, 0.717) is 18.4 Å². The van der Waals surface area contributed by atoms with Gasteiger partial charge in [-0.15, -0.1) is 0 Å². The van der Waals surface area contributed by atoms with Crippen LogP contribution in [-0.2, 0) is 28.6 Å². The van der Waals surface area contributed by atoms with Gasteiger partial charge in [-0.05, 0) is 12.8 Å². The van der Waals surface area contributed by atoms with Crippen molar-refractivity contribution in [1.82, 2.24) is 0 Å². The van der Waals surface area contributed by atoms with Gasteiger partial charge >= 0.3 is 17.9 Å². The standard InChI is InChI=1S/C13H16O7/c1-6(14)20-13-10-7(3-4-8(10)11(15)16)9(5-19-13)12(17)18-2/h5,7-8,10,13H,3-4H2,1-2H3,(H,15,16). The summed E-state index contributed by atoms with van der Waals surface area (Å²) in [7, 11) is 1.25. The van der Waals surface area contributed by atoms with Crippen molar-refractivity contribution in [3.05, 3.63) is 11.8 Å². The third-order valence-electron chi connectivity index (χ3n) is 3.78. The zero-order valence-corrected chi connectivity index (χ0v) is 11.2. The summed E-state index contributed by atoms with van der Waals surface area (Å²) in [6.45, 7) is 1.22. The van der Waals surface area contributed by atoms with E-state index in [-0.39, 0.29) is 5.92 Å². The molecule has 2 rings (SSSR count). The number of fused-ring (bicyclic) bond motifs is 1. The van der Waals surface area contributed by atoms with Crippen molar-refractivity contribution in [2.75, 3.05) is 7.11 Å². The van der Waals surface area contributed by atoms with Crippen LogP contribution in [0.3, 0.4) is 0 Å². The number of carbonyl (C=O) groups excluding carboxylic acids is 2. The first-order valence-corrected chi connectivity index (χ1v) is 6.29. The van der Waals surface area contributed by atoms with E-state index in [1.165, 1.54) is 20.3 Å². The van der Waals surface area contributed by atoms with Gasteiger partial charge in [0.15, 0.2) is 0 Å². The smallest absolute Gasteiger partial charge is 0.337 e. The zero-order chi connectivity index (χ0) is 14.9. The summed E-state index contributed by atoms with van der Waals surface area (Å²) in [6.07, 6.45) is 1.16. The first kappa shape index (κ1) is 14.4. The Kier molecular flexibility index (Phi) is 3.96. The lowest BCUT2D eigenvalue weighted by Gasteiger charge is -2.34. The molecule has 0 spiro atoms. The second-order valence-corrected chi connectivity index (χ2v) is 4.88. The van der Waals surface area contributed by atoms with Crippen LogP contribution in [0.4, 0.5) is 0 Å². The second-order valence-electron chi connectivity index (χ2n) is 4.88. The van der Waals surface area contributed by atoms with Crippen LogP contribution >= 0.6 is 0 Å². The van der Waals surface area contributed by atoms with Crippen LogP contribution in [0.15, 0.2) is 11.8 Å². The zero-order valence-electron chi connectivity index (χ0n) is 11.2. The first-order valence-electron chi connectivity index (χ1n) is 6.29. The van der Waals surface area contributed by atoms with Gasteiger partial charge in [-0.1, -0.05) is 0 Å². The third-order valence-corrected chi connectivity index (χ3v) is 3.78. The summed E-state index contributed by atoms with van der Waals surface area (Å²) in [6, 6.07) is 0. The molecule has 0 radical (unpaired) electrons. The summed E-state index contributed by atoms with van der Waals surface area (Å²) < 4.78 is 14.9. The minimum atomic E-state index is -0.982. The van der Waals surface area contributed by atoms with Crippen LogP contribution in [0.5, 0.6) is 0 Å². The first-order chi connectivity index (χ1) is 9.45. The number of methoxy groups -OCH3 is 1. The van der Waals surface area contributed by atoms with E-state index in [9.17, 15) is 19.5 Å². The highest BCUT2D eigenvalue weighted by atomic mass is 16.7. The maximum atomic E-state index is 11.7. The molecule has 0 saturated heterocycles. The Morgan fingerprint density at radius 1 is 1.35 bits per heavy atom. The van der Waals surface area contributed by atoms with E-state index < -0.39 is 36.0 Å². The minimum Gasteiger partial charge on any atom is -0.481 e. The number of carboxylic acids is 1. The van der Waals surface area contributed by atoms with Gasteiger partial charge in [0.2, 0.25) is 6.29 Å². The average molecular weight is 284 g/mol. The molecule has 1 saturated carbocycles. The number of ether oxygens (including phenoxy) is 3. The topological polar surface area (TPSA) is 99.1 Å². The Balaban J connectivity index is 2.30. The average Bonchev–Trinajstić information content (AvgIpc) is 2.83. The Labute approximate surface area is 115 Å². The fraction of sp³-hybridized carbons (Fsp3) is 0.615. The Hall–Kier alpha value is -2.05. The van der Waals surface area contributed by atoms with Gasteiger partial charge in [0.1, 0.15) is 0 Å². The van der Waals surface area contributed by atoms with Gasteiger partial charge in [-0.2, -0.15) is 0 Å². The van der Waals surface area contributed by atoms with Crippen molar-refractivity contribution < 1.29 is 33.7 Å². The van der Waals surface area contributed by atoms with Crippen LogP contribution in [0, 0.1) is 17.8 Å². The van der Waals surface area contributed by atoms with Crippen LogP contribution in [0.2, 0.25) is 0 Å². The molecule has 20 heavy (non-hydrogen) atoms. The maximum absolute atomic E-state index is 11.7. The molecule has 1 fully saturated rings. The largest absolute Gasteiger partial charge is 0.481 e. The lowest BCUT2D eigenvalue weighted by Crippen LogP contribution is -2.41. The van der Waals surface area contributed by atoms with E-state index in [1.807, 2.05) is 0 Å². The van der Waals surface area contributed by atoms with E-state index in [2.05, 4.69) is 4.74 Å². The van der Waals surface area contributed by atoms with Crippen LogP contribution in [0.1, 0.15) is 19.8 Å². The monoisotopic (exact) mass is 284 g/mol. The predicted octanol–water partition coefficient (Wildman–Crippen LogP) is 0.690. The molecular formula is C13H16O7. The lowest BCUT2D eigenvalue weighted by molar-refractivity contribution is -0.189. The second kappa shape index (κ2) is 5.52. The maximum Gasteiger partial charge on any atom is 0.337 e. The summed E-state index contributed by atoms with van der Waals surface area (Å²) in [5, 5.41) is 9.25. The molecule has 2 aliphatic rings. The van der Waals surface area contributed by atoms with Gasteiger partial charge in [0.25, 0.3) is 0 Å². The number of hydrogen-bond acceptors (Lipinski definition) is 6. The number of carboxylic acid groups (broad SMARTS) is 1. The molecule has 0 amide bonds. The number of rotatable bonds is 3. The minimum absolute atomic E-state index is 0.296. The molecule has 1 aliphatic heterocycles. The van der Waals surface area contributed by atoms with Gasteiger partial charge < -0.3 is 19.3 Å². The highest BCUT2D eigenvalue weighted by Crippen LogP contribution is 2.47. The van der Waals surface area contributed by atoms with Gasteiger partial charge in [0.05, 0.1) is 30.8 Å². The number of carbonyl (C=O) groups is 3. The molecule has 7 heteroatoms. The summed E-state index contributed by atoms with van der Waals surface area (Å²) in [5.74, 6) is -3.70. The fourth-order valence-corrected chi connectivity index (χ4v) is 2.96. The molecule has 0 bridgehead atoms. The van der Waals surface area contributed by atoms with Gasteiger partial charge in [-0.25, -0.2) is 4.79 Å². The Bertz CT molecular complexity index is 467.